The number of aromatic hydroxyl groups is 2. The van der Waals surface area contributed by atoms with Gasteiger partial charge in [0.25, 0.3) is 5.69 Å². The number of rotatable bonds is 3. The molecular weight excluding hydrogens is 312 g/mol. The van der Waals surface area contributed by atoms with E-state index in [1.165, 1.54) is 41.2 Å². The Morgan fingerprint density at radius 2 is 1.96 bits per heavy atom. The number of benzene rings is 2. The van der Waals surface area contributed by atoms with Gasteiger partial charge in [-0.3, -0.25) is 10.1 Å². The first-order valence-corrected chi connectivity index (χ1v) is 6.76. The topological polar surface area (TPSA) is 125 Å². The molecule has 0 fully saturated rings. The smallest absolute Gasteiger partial charge is 0.296 e. The average molecular weight is 322 g/mol. The zero-order valence-corrected chi connectivity index (χ0v) is 12.1. The summed E-state index contributed by atoms with van der Waals surface area (Å²) in [5.41, 5.74) is 0.791. The normalized spacial score (nSPS) is 10.3. The lowest BCUT2D eigenvalue weighted by molar-refractivity contribution is -0.384. The second-order valence-corrected chi connectivity index (χ2v) is 4.90. The van der Waals surface area contributed by atoms with Crippen LogP contribution in [0.15, 0.2) is 48.7 Å². The Kier molecular flexibility index (Phi) is 3.60. The van der Waals surface area contributed by atoms with Crippen molar-refractivity contribution < 1.29 is 15.1 Å². The quantitative estimate of drug-likeness (QED) is 0.564. The maximum absolute atomic E-state index is 11.3. The summed E-state index contributed by atoms with van der Waals surface area (Å²) in [7, 11) is 0. The molecule has 118 valence electrons. The molecule has 1 heterocycles. The van der Waals surface area contributed by atoms with Crippen molar-refractivity contribution in [2.45, 2.75) is 0 Å². The Hall–Kier alpha value is -3.86. The molecule has 1 aromatic heterocycles. The molecule has 0 atom stereocenters. The minimum Gasteiger partial charge on any atom is -0.508 e. The molecule has 0 bridgehead atoms. The molecule has 0 spiro atoms. The molecule has 0 unspecified atom stereocenters. The Morgan fingerprint density at radius 3 is 2.62 bits per heavy atom. The lowest BCUT2D eigenvalue weighted by Crippen LogP contribution is -2.04. The van der Waals surface area contributed by atoms with Gasteiger partial charge < -0.3 is 10.2 Å². The summed E-state index contributed by atoms with van der Waals surface area (Å²) in [6, 6.07) is 11.5. The highest BCUT2D eigenvalue weighted by Gasteiger charge is 2.20. The molecule has 24 heavy (non-hydrogen) atoms. The van der Waals surface area contributed by atoms with Crippen LogP contribution in [0.3, 0.4) is 0 Å². The van der Waals surface area contributed by atoms with E-state index in [-0.39, 0.29) is 28.4 Å². The van der Waals surface area contributed by atoms with Gasteiger partial charge in [0.2, 0.25) is 0 Å². The fourth-order valence-electron chi connectivity index (χ4n) is 2.35. The zero-order chi connectivity index (χ0) is 17.3. The number of nitro groups is 1. The lowest BCUT2D eigenvalue weighted by atomic mass is 10.1. The molecule has 0 aliphatic rings. The first-order valence-electron chi connectivity index (χ1n) is 6.76. The number of hydrogen-bond acceptors (Lipinski definition) is 6. The number of hydrogen-bond donors (Lipinski definition) is 2. The molecule has 0 aliphatic carbocycles. The van der Waals surface area contributed by atoms with Gasteiger partial charge in [0.15, 0.2) is 0 Å². The van der Waals surface area contributed by atoms with Gasteiger partial charge in [-0.15, -0.1) is 0 Å². The second kappa shape index (κ2) is 5.73. The number of nitro benzene ring substituents is 1. The summed E-state index contributed by atoms with van der Waals surface area (Å²) < 4.78 is 1.30. The van der Waals surface area contributed by atoms with Crippen LogP contribution >= 0.6 is 0 Å². The van der Waals surface area contributed by atoms with Crippen molar-refractivity contribution in [1.29, 1.82) is 5.26 Å². The number of nitrogens with zero attached hydrogens (tertiary/aromatic N) is 4. The highest BCUT2D eigenvalue weighted by Crippen LogP contribution is 2.34. The molecular formula is C16H10N4O4. The Bertz CT molecular complexity index is 988. The molecule has 8 heteroatoms. The maximum atomic E-state index is 11.3. The first kappa shape index (κ1) is 15.1. The van der Waals surface area contributed by atoms with Crippen LogP contribution in [-0.4, -0.2) is 24.9 Å². The zero-order valence-electron chi connectivity index (χ0n) is 12.1. The van der Waals surface area contributed by atoms with E-state index in [1.807, 2.05) is 6.07 Å². The van der Waals surface area contributed by atoms with Crippen LogP contribution < -0.4 is 0 Å². The fourth-order valence-corrected chi connectivity index (χ4v) is 2.35. The molecule has 2 N–H and O–H groups in total. The Balaban J connectivity index is 2.22. The van der Waals surface area contributed by atoms with Gasteiger partial charge in [-0.2, -0.15) is 10.4 Å². The van der Waals surface area contributed by atoms with E-state index in [1.54, 1.807) is 6.07 Å². The predicted octanol–water partition coefficient (Wildman–Crippen LogP) is 2.73. The summed E-state index contributed by atoms with van der Waals surface area (Å²) in [5, 5.41) is 43.7. The van der Waals surface area contributed by atoms with E-state index >= 15 is 0 Å². The Morgan fingerprint density at radius 1 is 1.17 bits per heavy atom. The summed E-state index contributed by atoms with van der Waals surface area (Å²) in [6.07, 6.45) is 1.43. The number of phenols is 2. The van der Waals surface area contributed by atoms with Crippen molar-refractivity contribution in [3.63, 3.8) is 0 Å². The summed E-state index contributed by atoms with van der Waals surface area (Å²) in [6.45, 7) is 0. The van der Waals surface area contributed by atoms with Crippen LogP contribution in [0, 0.1) is 21.4 Å². The van der Waals surface area contributed by atoms with Crippen molar-refractivity contribution in [3.05, 3.63) is 64.3 Å². The second-order valence-electron chi connectivity index (χ2n) is 4.90. The summed E-state index contributed by atoms with van der Waals surface area (Å²) >= 11 is 0. The molecule has 2 aromatic carbocycles. The molecule has 8 nitrogen and oxygen atoms in total. The fraction of sp³-hybridized carbons (Fsp3) is 0. The van der Waals surface area contributed by atoms with Gasteiger partial charge in [-0.1, -0.05) is 0 Å². The van der Waals surface area contributed by atoms with E-state index in [4.69, 9.17) is 5.26 Å². The lowest BCUT2D eigenvalue weighted by Gasteiger charge is -2.10. The van der Waals surface area contributed by atoms with Gasteiger partial charge in [0, 0.05) is 17.7 Å². The van der Waals surface area contributed by atoms with Crippen molar-refractivity contribution in [2.24, 2.45) is 0 Å². The largest absolute Gasteiger partial charge is 0.508 e. The average Bonchev–Trinajstić information content (AvgIpc) is 3.03. The van der Waals surface area contributed by atoms with Crippen LogP contribution in [0.25, 0.3) is 16.9 Å². The molecule has 3 rings (SSSR count). The molecule has 0 saturated carbocycles. The van der Waals surface area contributed by atoms with Gasteiger partial charge in [-0.05, 0) is 30.3 Å². The van der Waals surface area contributed by atoms with Crippen LogP contribution in [0.4, 0.5) is 5.69 Å². The molecule has 0 radical (unpaired) electrons. The molecule has 0 aliphatic heterocycles. The number of nitriles is 1. The highest BCUT2D eigenvalue weighted by atomic mass is 16.6. The van der Waals surface area contributed by atoms with Crippen molar-refractivity contribution in [3.8, 4) is 34.5 Å². The third-order valence-corrected chi connectivity index (χ3v) is 3.43. The van der Waals surface area contributed by atoms with E-state index in [9.17, 15) is 20.3 Å². The van der Waals surface area contributed by atoms with E-state index in [2.05, 4.69) is 5.10 Å². The van der Waals surface area contributed by atoms with Crippen LogP contribution in [-0.2, 0) is 0 Å². The van der Waals surface area contributed by atoms with E-state index in [0.717, 1.165) is 6.07 Å². The van der Waals surface area contributed by atoms with Crippen LogP contribution in [0.2, 0.25) is 0 Å². The van der Waals surface area contributed by atoms with Gasteiger partial charge >= 0.3 is 0 Å². The van der Waals surface area contributed by atoms with Crippen molar-refractivity contribution in [1.82, 2.24) is 9.78 Å². The van der Waals surface area contributed by atoms with Gasteiger partial charge in [0.05, 0.1) is 28.4 Å². The minimum atomic E-state index is -0.599. The standard InChI is InChI=1S/C16H10N4O4/c17-9-10-1-4-14(15(7-10)20(23)24)19-13(5-6-18-19)12-3-2-11(21)8-16(12)22/h1-8,21-22H. The number of aromatic nitrogens is 2. The summed E-state index contributed by atoms with van der Waals surface area (Å²) in [5.74, 6) is -0.292. The van der Waals surface area contributed by atoms with E-state index < -0.39 is 4.92 Å². The predicted molar refractivity (Wildman–Crippen MR) is 83.7 cm³/mol. The number of phenolic OH excluding ortho intramolecular Hbond substituents is 2. The third-order valence-electron chi connectivity index (χ3n) is 3.43. The molecule has 3 aromatic rings. The van der Waals surface area contributed by atoms with Crippen LogP contribution in [0.1, 0.15) is 5.56 Å². The SMILES string of the molecule is N#Cc1ccc(-n2nccc2-c2ccc(O)cc2O)c([N+](=O)[O-])c1. The monoisotopic (exact) mass is 322 g/mol. The van der Waals surface area contributed by atoms with Crippen LogP contribution in [0.5, 0.6) is 11.5 Å². The van der Waals surface area contributed by atoms with E-state index in [0.29, 0.717) is 11.3 Å². The Labute approximate surface area is 135 Å². The third kappa shape index (κ3) is 2.50. The van der Waals surface area contributed by atoms with Crippen molar-refractivity contribution >= 4 is 5.69 Å². The highest BCUT2D eigenvalue weighted by molar-refractivity contribution is 5.71. The molecule has 0 amide bonds. The van der Waals surface area contributed by atoms with Gasteiger partial charge in [-0.25, -0.2) is 4.68 Å². The van der Waals surface area contributed by atoms with Crippen molar-refractivity contribution in [2.75, 3.05) is 0 Å². The summed E-state index contributed by atoms with van der Waals surface area (Å²) in [4.78, 5) is 10.7. The molecule has 0 saturated heterocycles. The maximum Gasteiger partial charge on any atom is 0.296 e. The van der Waals surface area contributed by atoms with Gasteiger partial charge in [0.1, 0.15) is 17.2 Å². The first-order chi connectivity index (χ1) is 11.5. The minimum absolute atomic E-state index is 0.105.